The van der Waals surface area contributed by atoms with Gasteiger partial charge in [-0.25, -0.2) is 4.79 Å². The number of likely N-dealkylation sites (tertiary alicyclic amines) is 1. The summed E-state index contributed by atoms with van der Waals surface area (Å²) in [5.41, 5.74) is 1.34. The number of carbonyl (C=O) groups is 4. The van der Waals surface area contributed by atoms with Gasteiger partial charge in [0.25, 0.3) is 5.91 Å². The number of quaternary nitrogens is 1. The molecule has 0 spiro atoms. The quantitative estimate of drug-likeness (QED) is 0.325. The Labute approximate surface area is 244 Å². The normalized spacial score (nSPS) is 20.9. The van der Waals surface area contributed by atoms with Crippen LogP contribution in [-0.2, 0) is 16.0 Å². The van der Waals surface area contributed by atoms with Crippen molar-refractivity contribution in [3.05, 3.63) is 102 Å². The highest BCUT2D eigenvalue weighted by atomic mass is 32.2. The van der Waals surface area contributed by atoms with Crippen LogP contribution in [-0.4, -0.2) is 82.2 Å². The average molecular weight is 575 g/mol. The van der Waals surface area contributed by atoms with E-state index < -0.39 is 28.6 Å². The van der Waals surface area contributed by atoms with E-state index in [1.54, 1.807) is 54.9 Å². The lowest BCUT2D eigenvalue weighted by Gasteiger charge is -2.31. The Balaban J connectivity index is 1.44. The average Bonchev–Trinajstić information content (AvgIpc) is 3.30. The summed E-state index contributed by atoms with van der Waals surface area (Å²) in [5, 5.41) is 13.1. The Morgan fingerprint density at radius 3 is 2.12 bits per heavy atom. The van der Waals surface area contributed by atoms with Gasteiger partial charge in [0.05, 0.1) is 17.8 Å². The highest BCUT2D eigenvalue weighted by Crippen LogP contribution is 2.38. The Kier molecular flexibility index (Phi) is 10.1. The van der Waals surface area contributed by atoms with Crippen LogP contribution >= 0.6 is 11.8 Å². The first-order valence-electron chi connectivity index (χ1n) is 13.7. The van der Waals surface area contributed by atoms with E-state index in [4.69, 9.17) is 0 Å². The summed E-state index contributed by atoms with van der Waals surface area (Å²) in [6.07, 6.45) is -0.286. The van der Waals surface area contributed by atoms with Gasteiger partial charge < -0.3 is 10.4 Å². The molecule has 4 rings (SSSR count). The molecule has 1 aliphatic heterocycles. The van der Waals surface area contributed by atoms with Crippen molar-refractivity contribution in [2.45, 2.75) is 42.0 Å². The number of nitrogens with one attached hydrogen (secondary N) is 1. The number of benzene rings is 3. The standard InChI is InChI=1S/C32H35N3O5S/c1-23-18-27(41-26-16-10-5-11-17-26)22-35(23,32(39)40)30(37)21-34(2)20-29(36)28(19-24-12-6-3-7-13-24)33-31(38)25-14-8-4-9-15-25/h3-17,23,27-28H,18-22H2,1-2H3,(H-,33,38,39,40)/p+1/t23?,27?,28?,35-/m0/s1. The molecule has 0 radical (unpaired) electrons. The van der Waals surface area contributed by atoms with E-state index >= 15 is 0 Å². The molecule has 1 heterocycles. The SMILES string of the molecule is CC1CC(Sc2ccccc2)C[N@@+]1(C(=O)O)C(=O)CN(C)CC(=O)C(Cc1ccccc1)NC(=O)c1ccccc1. The van der Waals surface area contributed by atoms with Crippen LogP contribution in [0, 0.1) is 0 Å². The molecule has 2 N–H and O–H groups in total. The number of rotatable bonds is 11. The van der Waals surface area contributed by atoms with Crippen LogP contribution in [0.2, 0.25) is 0 Å². The van der Waals surface area contributed by atoms with Crippen LogP contribution < -0.4 is 5.32 Å². The number of carboxylic acid groups (broad SMARTS) is 1. The summed E-state index contributed by atoms with van der Waals surface area (Å²) < 4.78 is -0.665. The lowest BCUT2D eigenvalue weighted by molar-refractivity contribution is -0.791. The second-order valence-corrected chi connectivity index (χ2v) is 12.0. The third kappa shape index (κ3) is 7.49. The Hall–Kier alpha value is -3.79. The summed E-state index contributed by atoms with van der Waals surface area (Å²) in [5.74, 6) is -1.08. The van der Waals surface area contributed by atoms with Gasteiger partial charge >= 0.3 is 12.0 Å². The minimum atomic E-state index is -1.17. The molecule has 0 saturated carbocycles. The van der Waals surface area contributed by atoms with Crippen LogP contribution in [0.3, 0.4) is 0 Å². The van der Waals surface area contributed by atoms with Gasteiger partial charge in [0.2, 0.25) is 0 Å². The van der Waals surface area contributed by atoms with E-state index in [9.17, 15) is 24.3 Å². The number of nitrogens with zero attached hydrogens (tertiary/aromatic N) is 2. The van der Waals surface area contributed by atoms with Gasteiger partial charge in [-0.2, -0.15) is 9.28 Å². The summed E-state index contributed by atoms with van der Waals surface area (Å²) in [7, 11) is 1.63. The van der Waals surface area contributed by atoms with Gasteiger partial charge in [-0.15, -0.1) is 11.8 Å². The Morgan fingerprint density at radius 1 is 0.927 bits per heavy atom. The number of amides is 3. The first-order chi connectivity index (χ1) is 19.7. The first kappa shape index (κ1) is 30.2. The van der Waals surface area contributed by atoms with E-state index in [2.05, 4.69) is 5.32 Å². The molecular formula is C32H36N3O5S+. The van der Waals surface area contributed by atoms with Crippen LogP contribution in [0.5, 0.6) is 0 Å². The zero-order valence-corrected chi connectivity index (χ0v) is 24.1. The molecule has 0 aromatic heterocycles. The molecule has 0 bridgehead atoms. The van der Waals surface area contributed by atoms with Gasteiger partial charge in [0, 0.05) is 16.9 Å². The van der Waals surface area contributed by atoms with E-state index in [1.807, 2.05) is 66.7 Å². The molecular weight excluding hydrogens is 538 g/mol. The van der Waals surface area contributed by atoms with Gasteiger partial charge in [-0.05, 0) is 50.2 Å². The molecule has 3 unspecified atom stereocenters. The van der Waals surface area contributed by atoms with Gasteiger partial charge in [0.15, 0.2) is 5.78 Å². The summed E-state index contributed by atoms with van der Waals surface area (Å²) in [6, 6.07) is 26.6. The molecule has 4 atom stereocenters. The second kappa shape index (κ2) is 13.7. The third-order valence-corrected chi connectivity index (χ3v) is 8.74. The highest BCUT2D eigenvalue weighted by molar-refractivity contribution is 8.00. The van der Waals surface area contributed by atoms with Crippen molar-refractivity contribution in [3.63, 3.8) is 0 Å². The number of hydrogen-bond acceptors (Lipinski definition) is 6. The lowest BCUT2D eigenvalue weighted by Crippen LogP contribution is -2.61. The monoisotopic (exact) mass is 574 g/mol. The largest absolute Gasteiger partial charge is 0.521 e. The number of ketones is 1. The van der Waals surface area contributed by atoms with E-state index in [0.717, 1.165) is 10.5 Å². The maximum absolute atomic E-state index is 13.6. The minimum absolute atomic E-state index is 0.0251. The second-order valence-electron chi connectivity index (χ2n) is 10.6. The zero-order valence-electron chi connectivity index (χ0n) is 23.3. The molecule has 3 aromatic rings. The zero-order chi connectivity index (χ0) is 29.4. The number of Topliss-reactive ketones (excluding diaryl/α,β-unsaturated/α-hetero) is 1. The first-order valence-corrected chi connectivity index (χ1v) is 14.5. The maximum Gasteiger partial charge on any atom is 0.521 e. The smallest absolute Gasteiger partial charge is 0.435 e. The predicted molar refractivity (Wildman–Crippen MR) is 159 cm³/mol. The van der Waals surface area contributed by atoms with E-state index in [-0.39, 0.29) is 36.6 Å². The topological polar surface area (TPSA) is 104 Å². The molecule has 214 valence electrons. The fourth-order valence-corrected chi connectivity index (χ4v) is 6.73. The van der Waals surface area contributed by atoms with Crippen molar-refractivity contribution >= 4 is 35.5 Å². The maximum atomic E-state index is 13.6. The number of imide groups is 1. The van der Waals surface area contributed by atoms with Gasteiger partial charge in [-0.3, -0.25) is 14.5 Å². The van der Waals surface area contributed by atoms with Crippen LogP contribution in [0.15, 0.2) is 95.9 Å². The molecule has 0 aliphatic carbocycles. The molecule has 8 nitrogen and oxygen atoms in total. The molecule has 1 aliphatic rings. The number of thioether (sulfide) groups is 1. The Bertz CT molecular complexity index is 1360. The molecule has 1 saturated heterocycles. The van der Waals surface area contributed by atoms with Gasteiger partial charge in [-0.1, -0.05) is 66.7 Å². The minimum Gasteiger partial charge on any atom is -0.435 e. The van der Waals surface area contributed by atoms with Crippen molar-refractivity contribution in [1.29, 1.82) is 0 Å². The van der Waals surface area contributed by atoms with Crippen molar-refractivity contribution < 1.29 is 28.8 Å². The summed E-state index contributed by atoms with van der Waals surface area (Å²) in [6.45, 7) is 1.67. The fourth-order valence-electron chi connectivity index (χ4n) is 5.35. The van der Waals surface area contributed by atoms with Crippen molar-refractivity contribution in [2.24, 2.45) is 0 Å². The van der Waals surface area contributed by atoms with Crippen LogP contribution in [0.25, 0.3) is 0 Å². The fraction of sp³-hybridized carbons (Fsp3) is 0.312. The Morgan fingerprint density at radius 2 is 1.51 bits per heavy atom. The summed E-state index contributed by atoms with van der Waals surface area (Å²) >= 11 is 1.59. The number of carbonyl (C=O) groups excluding carboxylic acids is 3. The molecule has 3 aromatic carbocycles. The third-order valence-electron chi connectivity index (χ3n) is 7.52. The van der Waals surface area contributed by atoms with Crippen molar-refractivity contribution in [3.8, 4) is 0 Å². The number of likely N-dealkylation sites (N-methyl/N-ethyl adjacent to an activating group) is 1. The lowest BCUT2D eigenvalue weighted by atomic mass is 10.0. The number of hydrogen-bond donors (Lipinski definition) is 2. The van der Waals surface area contributed by atoms with Crippen molar-refractivity contribution in [1.82, 2.24) is 10.2 Å². The van der Waals surface area contributed by atoms with E-state index in [0.29, 0.717) is 18.4 Å². The molecule has 1 fully saturated rings. The summed E-state index contributed by atoms with van der Waals surface area (Å²) in [4.78, 5) is 55.1. The molecule has 41 heavy (non-hydrogen) atoms. The molecule has 3 amide bonds. The predicted octanol–water partition coefficient (Wildman–Crippen LogP) is 4.50. The van der Waals surface area contributed by atoms with E-state index in [1.165, 1.54) is 0 Å². The van der Waals surface area contributed by atoms with Crippen molar-refractivity contribution in [2.75, 3.05) is 26.7 Å². The molecule has 9 heteroatoms. The van der Waals surface area contributed by atoms with Crippen LogP contribution in [0.4, 0.5) is 4.79 Å². The van der Waals surface area contributed by atoms with Gasteiger partial charge in [0.1, 0.15) is 19.1 Å². The van der Waals surface area contributed by atoms with Crippen LogP contribution in [0.1, 0.15) is 29.3 Å². The highest BCUT2D eigenvalue weighted by Gasteiger charge is 2.56.